The maximum atomic E-state index is 12.4. The average molecular weight is 257 g/mol. The summed E-state index contributed by atoms with van der Waals surface area (Å²) in [6.07, 6.45) is 3.80. The number of rotatable bonds is 4. The molecule has 0 radical (unpaired) electrons. The second-order valence-corrected chi connectivity index (χ2v) is 6.37. The monoisotopic (exact) mass is 257 g/mol. The number of carbonyl (C=O) groups is 1. The van der Waals surface area contributed by atoms with Crippen LogP contribution in [-0.4, -0.2) is 36.0 Å². The first-order valence-electron chi connectivity index (χ1n) is 6.66. The van der Waals surface area contributed by atoms with Crippen molar-refractivity contribution in [2.24, 2.45) is 17.6 Å². The van der Waals surface area contributed by atoms with E-state index in [9.17, 15) is 4.79 Å². The zero-order valence-corrected chi connectivity index (χ0v) is 11.4. The number of thioether (sulfide) groups is 1. The van der Waals surface area contributed by atoms with Crippen molar-refractivity contribution in [2.45, 2.75) is 38.2 Å². The highest BCUT2D eigenvalue weighted by Gasteiger charge is 2.43. The summed E-state index contributed by atoms with van der Waals surface area (Å²) in [7, 11) is 0. The molecule has 3 nitrogen and oxygen atoms in total. The number of hydrogen-bond acceptors (Lipinski definition) is 4. The average Bonchev–Trinajstić information content (AvgIpc) is 2.78. The summed E-state index contributed by atoms with van der Waals surface area (Å²) in [6.45, 7) is 3.29. The summed E-state index contributed by atoms with van der Waals surface area (Å²) in [5.41, 5.74) is 5.69. The van der Waals surface area contributed by atoms with Crippen LogP contribution < -0.4 is 5.73 Å². The molecule has 0 aromatic rings. The first-order valence-corrected chi connectivity index (χ1v) is 7.82. The summed E-state index contributed by atoms with van der Waals surface area (Å²) in [5, 5.41) is 0. The number of carbonyl (C=O) groups excluding carboxylic acids is 1. The standard InChI is InChI=1S/C13H23NO2S/c1-2-10(8-14)12(15)11-3-5-16-13(7-11)4-6-17-9-13/h10-11H,2-9,14H2,1H3. The fourth-order valence-electron chi connectivity index (χ4n) is 2.95. The van der Waals surface area contributed by atoms with Gasteiger partial charge in [0.05, 0.1) is 5.60 Å². The molecule has 4 heteroatoms. The molecule has 0 aromatic carbocycles. The number of Topliss-reactive ketones (excluding diaryl/α,β-unsaturated/α-hetero) is 1. The highest BCUT2D eigenvalue weighted by Crippen LogP contribution is 2.41. The molecule has 2 N–H and O–H groups in total. The molecule has 2 aliphatic rings. The molecular weight excluding hydrogens is 234 g/mol. The Kier molecular flexibility index (Phi) is 4.50. The van der Waals surface area contributed by atoms with Crippen LogP contribution >= 0.6 is 11.8 Å². The molecule has 2 aliphatic heterocycles. The first-order chi connectivity index (χ1) is 8.21. The third-order valence-electron chi connectivity index (χ3n) is 4.14. The first kappa shape index (κ1) is 13.4. The van der Waals surface area contributed by atoms with Gasteiger partial charge in [0.1, 0.15) is 5.78 Å². The van der Waals surface area contributed by atoms with E-state index in [4.69, 9.17) is 10.5 Å². The Hall–Kier alpha value is -0.0600. The van der Waals surface area contributed by atoms with Crippen LogP contribution in [-0.2, 0) is 9.53 Å². The van der Waals surface area contributed by atoms with Crippen molar-refractivity contribution >= 4 is 17.5 Å². The number of nitrogens with two attached hydrogens (primary N) is 1. The SMILES string of the molecule is CCC(CN)C(=O)C1CCOC2(CCSC2)C1. The van der Waals surface area contributed by atoms with Crippen molar-refractivity contribution in [3.8, 4) is 0 Å². The van der Waals surface area contributed by atoms with E-state index in [0.29, 0.717) is 12.3 Å². The van der Waals surface area contributed by atoms with Gasteiger partial charge in [0, 0.05) is 30.7 Å². The second kappa shape index (κ2) is 5.72. The van der Waals surface area contributed by atoms with Crippen LogP contribution in [0, 0.1) is 11.8 Å². The predicted molar refractivity (Wildman–Crippen MR) is 71.2 cm³/mol. The number of ether oxygens (including phenoxy) is 1. The van der Waals surface area contributed by atoms with Gasteiger partial charge in [-0.25, -0.2) is 0 Å². The van der Waals surface area contributed by atoms with Crippen LogP contribution in [0.25, 0.3) is 0 Å². The fraction of sp³-hybridized carbons (Fsp3) is 0.923. The third-order valence-corrected chi connectivity index (χ3v) is 5.37. The molecule has 2 heterocycles. The predicted octanol–water partition coefficient (Wildman–Crippen LogP) is 1.84. The molecule has 0 bridgehead atoms. The minimum absolute atomic E-state index is 0.0101. The van der Waals surface area contributed by atoms with Crippen LogP contribution in [0.4, 0.5) is 0 Å². The summed E-state index contributed by atoms with van der Waals surface area (Å²) in [4.78, 5) is 12.4. The lowest BCUT2D eigenvalue weighted by atomic mass is 9.79. The van der Waals surface area contributed by atoms with E-state index in [1.54, 1.807) is 0 Å². The van der Waals surface area contributed by atoms with E-state index >= 15 is 0 Å². The van der Waals surface area contributed by atoms with Crippen molar-refractivity contribution in [3.63, 3.8) is 0 Å². The van der Waals surface area contributed by atoms with Gasteiger partial charge in [0.25, 0.3) is 0 Å². The van der Waals surface area contributed by atoms with Crippen molar-refractivity contribution in [1.82, 2.24) is 0 Å². The molecule has 98 valence electrons. The Morgan fingerprint density at radius 1 is 1.65 bits per heavy atom. The molecule has 0 aliphatic carbocycles. The van der Waals surface area contributed by atoms with Gasteiger partial charge in [-0.1, -0.05) is 6.92 Å². The largest absolute Gasteiger partial charge is 0.374 e. The summed E-state index contributed by atoms with van der Waals surface area (Å²) >= 11 is 1.95. The molecule has 3 atom stereocenters. The maximum Gasteiger partial charge on any atom is 0.140 e. The van der Waals surface area contributed by atoms with E-state index in [2.05, 4.69) is 6.92 Å². The molecule has 2 fully saturated rings. The second-order valence-electron chi connectivity index (χ2n) is 5.27. The quantitative estimate of drug-likeness (QED) is 0.835. The summed E-state index contributed by atoms with van der Waals surface area (Å²) in [5.74, 6) is 2.88. The van der Waals surface area contributed by atoms with E-state index in [1.807, 2.05) is 11.8 Å². The van der Waals surface area contributed by atoms with Gasteiger partial charge >= 0.3 is 0 Å². The molecule has 0 aromatic heterocycles. The van der Waals surface area contributed by atoms with Gasteiger partial charge in [-0.3, -0.25) is 4.79 Å². The molecule has 3 unspecified atom stereocenters. The van der Waals surface area contributed by atoms with Crippen LogP contribution in [0.5, 0.6) is 0 Å². The van der Waals surface area contributed by atoms with Gasteiger partial charge in [-0.2, -0.15) is 11.8 Å². The van der Waals surface area contributed by atoms with Crippen LogP contribution in [0.15, 0.2) is 0 Å². The smallest absolute Gasteiger partial charge is 0.140 e. The molecular formula is C13H23NO2S. The van der Waals surface area contributed by atoms with Gasteiger partial charge in [0.2, 0.25) is 0 Å². The van der Waals surface area contributed by atoms with E-state index in [1.165, 1.54) is 5.75 Å². The minimum atomic E-state index is 0.0101. The van der Waals surface area contributed by atoms with E-state index in [-0.39, 0.29) is 17.4 Å². The van der Waals surface area contributed by atoms with Gasteiger partial charge in [-0.15, -0.1) is 0 Å². The lowest BCUT2D eigenvalue weighted by Gasteiger charge is -2.38. The van der Waals surface area contributed by atoms with Gasteiger partial charge in [-0.05, 0) is 31.4 Å². The maximum absolute atomic E-state index is 12.4. The van der Waals surface area contributed by atoms with E-state index in [0.717, 1.165) is 38.0 Å². The van der Waals surface area contributed by atoms with E-state index < -0.39 is 0 Å². The Morgan fingerprint density at radius 2 is 2.47 bits per heavy atom. The zero-order chi connectivity index (χ0) is 12.3. The van der Waals surface area contributed by atoms with Crippen molar-refractivity contribution < 1.29 is 9.53 Å². The Labute approximate surface area is 108 Å². The molecule has 0 amide bonds. The molecule has 2 saturated heterocycles. The Balaban J connectivity index is 1.99. The summed E-state index contributed by atoms with van der Waals surface area (Å²) < 4.78 is 5.95. The highest BCUT2D eigenvalue weighted by atomic mass is 32.2. The normalized spacial score (nSPS) is 35.1. The van der Waals surface area contributed by atoms with Crippen LogP contribution in [0.3, 0.4) is 0 Å². The molecule has 2 rings (SSSR count). The third kappa shape index (κ3) is 2.85. The number of ketones is 1. The summed E-state index contributed by atoms with van der Waals surface area (Å²) in [6, 6.07) is 0. The lowest BCUT2D eigenvalue weighted by molar-refractivity contribution is -0.137. The van der Waals surface area contributed by atoms with Crippen molar-refractivity contribution in [3.05, 3.63) is 0 Å². The van der Waals surface area contributed by atoms with Crippen LogP contribution in [0.1, 0.15) is 32.6 Å². The Bertz CT molecular complexity index is 273. The Morgan fingerprint density at radius 3 is 3.06 bits per heavy atom. The number of hydrogen-bond donors (Lipinski definition) is 1. The zero-order valence-electron chi connectivity index (χ0n) is 10.6. The van der Waals surface area contributed by atoms with Crippen LogP contribution in [0.2, 0.25) is 0 Å². The fourth-order valence-corrected chi connectivity index (χ4v) is 4.33. The van der Waals surface area contributed by atoms with Crippen molar-refractivity contribution in [1.29, 1.82) is 0 Å². The molecule has 1 spiro atoms. The van der Waals surface area contributed by atoms with Gasteiger partial charge < -0.3 is 10.5 Å². The highest BCUT2D eigenvalue weighted by molar-refractivity contribution is 7.99. The van der Waals surface area contributed by atoms with Crippen molar-refractivity contribution in [2.75, 3.05) is 24.7 Å². The molecule has 0 saturated carbocycles. The van der Waals surface area contributed by atoms with Gasteiger partial charge in [0.15, 0.2) is 0 Å². The molecule has 17 heavy (non-hydrogen) atoms. The lowest BCUT2D eigenvalue weighted by Crippen LogP contribution is -2.44. The minimum Gasteiger partial charge on any atom is -0.374 e. The topological polar surface area (TPSA) is 52.3 Å².